The molecule has 2 atom stereocenters. The van der Waals surface area contributed by atoms with E-state index in [-0.39, 0.29) is 11.5 Å². The normalized spacial score (nSPS) is 24.8. The lowest BCUT2D eigenvalue weighted by Crippen LogP contribution is -2.48. The van der Waals surface area contributed by atoms with E-state index in [0.717, 1.165) is 12.8 Å². The molecule has 1 heterocycles. The molecule has 0 aliphatic heterocycles. The largest absolute Gasteiger partial charge is 0.444 e. The first kappa shape index (κ1) is 19.7. The molecule has 0 saturated heterocycles. The predicted molar refractivity (Wildman–Crippen MR) is 93.3 cm³/mol. The maximum absolute atomic E-state index is 12.0. The molecule has 25 heavy (non-hydrogen) atoms. The Bertz CT molecular complexity index is 600. The molecule has 0 radical (unpaired) electrons. The number of carbonyl (C=O) groups is 1. The van der Waals surface area contributed by atoms with Crippen LogP contribution in [0.2, 0.25) is 0 Å². The lowest BCUT2D eigenvalue weighted by Gasteiger charge is -2.36. The van der Waals surface area contributed by atoms with Crippen LogP contribution in [0.25, 0.3) is 0 Å². The minimum Gasteiger partial charge on any atom is -0.444 e. The monoisotopic (exact) mass is 353 g/mol. The summed E-state index contributed by atoms with van der Waals surface area (Å²) in [4.78, 5) is 16.4. The summed E-state index contributed by atoms with van der Waals surface area (Å²) >= 11 is 0. The van der Waals surface area contributed by atoms with Crippen LogP contribution >= 0.6 is 0 Å². The summed E-state index contributed by atoms with van der Waals surface area (Å²) in [5.74, 6) is 1.07. The summed E-state index contributed by atoms with van der Waals surface area (Å²) < 4.78 is 10.6. The molecule has 1 amide bonds. The van der Waals surface area contributed by atoms with Crippen molar-refractivity contribution in [3.8, 4) is 0 Å². The number of aromatic nitrogens is 2. The molecule has 7 heteroatoms. The van der Waals surface area contributed by atoms with Gasteiger partial charge in [-0.25, -0.2) is 4.79 Å². The van der Waals surface area contributed by atoms with Crippen LogP contribution in [0.1, 0.15) is 78.9 Å². The first-order chi connectivity index (χ1) is 11.4. The van der Waals surface area contributed by atoms with E-state index in [9.17, 15) is 9.90 Å². The van der Waals surface area contributed by atoms with Crippen LogP contribution < -0.4 is 5.32 Å². The number of nitrogens with zero attached hydrogens (tertiary/aromatic N) is 2. The number of hydrogen-bond donors (Lipinski definition) is 2. The van der Waals surface area contributed by atoms with Gasteiger partial charge in [0.05, 0.1) is 12.0 Å². The van der Waals surface area contributed by atoms with E-state index in [4.69, 9.17) is 9.26 Å². The molecule has 1 saturated carbocycles. The van der Waals surface area contributed by atoms with Crippen molar-refractivity contribution in [2.75, 3.05) is 0 Å². The molecule has 142 valence electrons. The topological polar surface area (TPSA) is 97.5 Å². The minimum atomic E-state index is -0.959. The summed E-state index contributed by atoms with van der Waals surface area (Å²) in [6.45, 7) is 11.5. The van der Waals surface area contributed by atoms with E-state index in [2.05, 4.69) is 15.5 Å². The number of nitrogens with one attached hydrogen (secondary N) is 1. The van der Waals surface area contributed by atoms with Crippen molar-refractivity contribution in [1.29, 1.82) is 0 Å². The number of ether oxygens (including phenoxy) is 1. The van der Waals surface area contributed by atoms with Crippen LogP contribution in [0.3, 0.4) is 0 Å². The summed E-state index contributed by atoms with van der Waals surface area (Å²) in [6, 6.07) is -0.126. The fourth-order valence-electron chi connectivity index (χ4n) is 3.01. The highest BCUT2D eigenvalue weighted by Crippen LogP contribution is 2.32. The van der Waals surface area contributed by atoms with Gasteiger partial charge in [0, 0.05) is 11.5 Å². The highest BCUT2D eigenvalue weighted by molar-refractivity contribution is 5.68. The molecule has 2 N–H and O–H groups in total. The summed E-state index contributed by atoms with van der Waals surface area (Å²) in [7, 11) is 0. The van der Waals surface area contributed by atoms with Gasteiger partial charge in [-0.15, -0.1) is 0 Å². The van der Waals surface area contributed by atoms with E-state index >= 15 is 0 Å². The van der Waals surface area contributed by atoms with E-state index in [1.54, 1.807) is 0 Å². The first-order valence-corrected chi connectivity index (χ1v) is 8.91. The molecule has 7 nitrogen and oxygen atoms in total. The third-order valence-corrected chi connectivity index (χ3v) is 4.16. The molecule has 1 aromatic heterocycles. The summed E-state index contributed by atoms with van der Waals surface area (Å²) in [5, 5.41) is 17.8. The van der Waals surface area contributed by atoms with Crippen LogP contribution in [0.4, 0.5) is 4.79 Å². The average Bonchev–Trinajstić information content (AvgIpc) is 2.83. The van der Waals surface area contributed by atoms with Crippen molar-refractivity contribution in [3.63, 3.8) is 0 Å². The molecule has 1 aliphatic carbocycles. The van der Waals surface area contributed by atoms with Crippen LogP contribution in [-0.4, -0.2) is 38.6 Å². The highest BCUT2D eigenvalue weighted by Gasteiger charge is 2.37. The number of amides is 1. The second kappa shape index (κ2) is 6.94. The van der Waals surface area contributed by atoms with E-state index in [0.29, 0.717) is 31.0 Å². The second-order valence-electron chi connectivity index (χ2n) is 9.10. The lowest BCUT2D eigenvalue weighted by atomic mass is 9.79. The minimum absolute atomic E-state index is 0.126. The van der Waals surface area contributed by atoms with Crippen molar-refractivity contribution in [2.24, 2.45) is 0 Å². The number of aliphatic hydroxyl groups is 1. The maximum Gasteiger partial charge on any atom is 0.407 e. The molecular weight excluding hydrogens is 322 g/mol. The predicted octanol–water partition coefficient (Wildman–Crippen LogP) is 3.11. The Hall–Kier alpha value is -1.63. The Kier molecular flexibility index (Phi) is 5.47. The van der Waals surface area contributed by atoms with E-state index in [1.165, 1.54) is 0 Å². The zero-order chi connectivity index (χ0) is 18.9. The van der Waals surface area contributed by atoms with Crippen molar-refractivity contribution in [1.82, 2.24) is 15.5 Å². The fraction of sp³-hybridized carbons (Fsp3) is 0.833. The molecule has 0 bridgehead atoms. The highest BCUT2D eigenvalue weighted by atomic mass is 16.6. The smallest absolute Gasteiger partial charge is 0.407 e. The third kappa shape index (κ3) is 5.99. The van der Waals surface area contributed by atoms with E-state index < -0.39 is 17.3 Å². The van der Waals surface area contributed by atoms with Crippen molar-refractivity contribution >= 4 is 6.09 Å². The quantitative estimate of drug-likeness (QED) is 0.866. The van der Waals surface area contributed by atoms with Crippen LogP contribution in [0, 0.1) is 0 Å². The van der Waals surface area contributed by atoms with Crippen LogP contribution in [0.5, 0.6) is 0 Å². The Morgan fingerprint density at radius 2 is 2.04 bits per heavy atom. The Morgan fingerprint density at radius 3 is 2.60 bits per heavy atom. The van der Waals surface area contributed by atoms with Gasteiger partial charge in [0.1, 0.15) is 5.60 Å². The van der Waals surface area contributed by atoms with Gasteiger partial charge in [-0.05, 0) is 46.5 Å². The first-order valence-electron chi connectivity index (χ1n) is 8.91. The van der Waals surface area contributed by atoms with Gasteiger partial charge in [0.2, 0.25) is 5.89 Å². The van der Waals surface area contributed by atoms with Gasteiger partial charge in [0.25, 0.3) is 0 Å². The number of alkyl carbamates (subject to hydrolysis) is 1. The number of hydrogen-bond acceptors (Lipinski definition) is 6. The van der Waals surface area contributed by atoms with Crippen molar-refractivity contribution < 1.29 is 19.2 Å². The van der Waals surface area contributed by atoms with Crippen molar-refractivity contribution in [3.05, 3.63) is 11.7 Å². The molecule has 2 rings (SSSR count). The maximum atomic E-state index is 12.0. The zero-order valence-electron chi connectivity index (χ0n) is 16.2. The van der Waals surface area contributed by atoms with Crippen LogP contribution in [-0.2, 0) is 16.6 Å². The van der Waals surface area contributed by atoms with Gasteiger partial charge >= 0.3 is 6.09 Å². The third-order valence-electron chi connectivity index (χ3n) is 4.16. The Morgan fingerprint density at radius 1 is 1.36 bits per heavy atom. The van der Waals surface area contributed by atoms with Gasteiger partial charge < -0.3 is 19.7 Å². The molecule has 0 spiro atoms. The molecular formula is C18H31N3O4. The molecule has 0 unspecified atom stereocenters. The SMILES string of the molecule is CC(C)(C)OC(=O)N[C@H]1CCC[C@@](O)(Cc2nc(C(C)(C)C)no2)C1. The van der Waals surface area contributed by atoms with Gasteiger partial charge in [0.15, 0.2) is 5.82 Å². The number of rotatable bonds is 3. The van der Waals surface area contributed by atoms with Crippen LogP contribution in [0.15, 0.2) is 4.52 Å². The Balaban J connectivity index is 1.96. The Labute approximate surface area is 149 Å². The van der Waals surface area contributed by atoms with Crippen molar-refractivity contribution in [2.45, 2.75) is 96.3 Å². The molecule has 1 aromatic rings. The van der Waals surface area contributed by atoms with Gasteiger partial charge in [-0.1, -0.05) is 25.9 Å². The second-order valence-corrected chi connectivity index (χ2v) is 9.10. The standard InChI is InChI=1S/C18H31N3O4/c1-16(2,3)14-20-13(25-21-14)11-18(23)9-7-8-12(10-18)19-15(22)24-17(4,5)6/h12,23H,7-11H2,1-6H3,(H,19,22)/t12-,18-/m0/s1. The van der Waals surface area contributed by atoms with Gasteiger partial charge in [-0.2, -0.15) is 4.98 Å². The van der Waals surface area contributed by atoms with Gasteiger partial charge in [-0.3, -0.25) is 0 Å². The average molecular weight is 353 g/mol. The summed E-state index contributed by atoms with van der Waals surface area (Å²) in [6.07, 6.45) is 2.57. The summed E-state index contributed by atoms with van der Waals surface area (Å²) in [5.41, 5.74) is -1.69. The van der Waals surface area contributed by atoms with E-state index in [1.807, 2.05) is 41.5 Å². The zero-order valence-corrected chi connectivity index (χ0v) is 16.2. The fourth-order valence-corrected chi connectivity index (χ4v) is 3.01. The lowest BCUT2D eigenvalue weighted by molar-refractivity contribution is -0.0149. The number of carbonyl (C=O) groups excluding carboxylic acids is 1. The molecule has 1 fully saturated rings. The molecule has 1 aliphatic rings. The molecule has 0 aromatic carbocycles.